The Labute approximate surface area is 177 Å². The van der Waals surface area contributed by atoms with E-state index in [0.29, 0.717) is 28.3 Å². The largest absolute Gasteiger partial charge is 0.490 e. The number of halogens is 3. The maximum atomic E-state index is 11.3. The minimum atomic E-state index is -5.08. The van der Waals surface area contributed by atoms with E-state index in [1.54, 1.807) is 24.4 Å². The molecule has 0 unspecified atom stereocenters. The van der Waals surface area contributed by atoms with E-state index in [4.69, 9.17) is 19.1 Å². The van der Waals surface area contributed by atoms with Gasteiger partial charge in [0.05, 0.1) is 17.1 Å². The van der Waals surface area contributed by atoms with Crippen molar-refractivity contribution in [2.24, 2.45) is 0 Å². The number of rotatable bonds is 5. The molecule has 166 valence electrons. The summed E-state index contributed by atoms with van der Waals surface area (Å²) in [5.41, 5.74) is 1.43. The molecular formula is C20H14F3N3O6. The summed E-state index contributed by atoms with van der Waals surface area (Å²) < 4.78 is 43.1. The lowest BCUT2D eigenvalue weighted by molar-refractivity contribution is -0.192. The molecule has 0 bridgehead atoms. The van der Waals surface area contributed by atoms with Gasteiger partial charge in [0.15, 0.2) is 18.1 Å². The Balaban J connectivity index is 0.000000360. The third-order valence-corrected chi connectivity index (χ3v) is 3.96. The van der Waals surface area contributed by atoms with Gasteiger partial charge < -0.3 is 19.4 Å². The molecule has 32 heavy (non-hydrogen) atoms. The molecule has 0 aliphatic carbocycles. The summed E-state index contributed by atoms with van der Waals surface area (Å²) in [6.45, 7) is 0.0795. The van der Waals surface area contributed by atoms with Crippen molar-refractivity contribution in [1.29, 1.82) is 0 Å². The topological polar surface area (TPSA) is 139 Å². The van der Waals surface area contributed by atoms with Gasteiger partial charge in [0.2, 0.25) is 5.89 Å². The lowest BCUT2D eigenvalue weighted by Gasteiger charge is -2.05. The standard InChI is InChI=1S/C18H13N3O4.C2HF3O2/c22-18(23)17-16-12(20-21-17)7-4-8-13(16)24-10-15-19-9-14(25-15)11-5-2-1-3-6-11;3-2(4,5)1(6)7/h1-9H,10H2,(H,20,21)(H,22,23);(H,6,7). The Hall–Kier alpha value is -4.35. The fourth-order valence-electron chi connectivity index (χ4n) is 2.57. The third-order valence-electron chi connectivity index (χ3n) is 3.96. The molecule has 0 radical (unpaired) electrons. The number of fused-ring (bicyclic) bond motifs is 1. The summed E-state index contributed by atoms with van der Waals surface area (Å²) in [5, 5.41) is 23.3. The number of aliphatic carboxylic acids is 1. The maximum Gasteiger partial charge on any atom is 0.490 e. The molecule has 0 saturated heterocycles. The average Bonchev–Trinajstić information content (AvgIpc) is 3.40. The normalized spacial score (nSPS) is 11.0. The minimum absolute atomic E-state index is 0.0795. The lowest BCUT2D eigenvalue weighted by atomic mass is 10.2. The Kier molecular flexibility index (Phi) is 6.42. The summed E-state index contributed by atoms with van der Waals surface area (Å²) in [6, 6.07) is 14.8. The second-order valence-corrected chi connectivity index (χ2v) is 6.13. The number of oxazole rings is 1. The van der Waals surface area contributed by atoms with Crippen molar-refractivity contribution in [2.45, 2.75) is 12.8 Å². The van der Waals surface area contributed by atoms with Gasteiger partial charge in [-0.25, -0.2) is 14.6 Å². The van der Waals surface area contributed by atoms with Gasteiger partial charge in [-0.3, -0.25) is 5.10 Å². The molecule has 4 rings (SSSR count). The second-order valence-electron chi connectivity index (χ2n) is 6.13. The van der Waals surface area contributed by atoms with E-state index >= 15 is 0 Å². The van der Waals surface area contributed by atoms with Crippen molar-refractivity contribution in [1.82, 2.24) is 15.2 Å². The third kappa shape index (κ3) is 5.22. The number of aromatic nitrogens is 3. The zero-order valence-electron chi connectivity index (χ0n) is 16.0. The fraction of sp³-hybridized carbons (Fsp3) is 0.100. The molecule has 3 N–H and O–H groups in total. The van der Waals surface area contributed by atoms with Crippen LogP contribution in [0.2, 0.25) is 0 Å². The summed E-state index contributed by atoms with van der Waals surface area (Å²) in [7, 11) is 0. The summed E-state index contributed by atoms with van der Waals surface area (Å²) >= 11 is 0. The van der Waals surface area contributed by atoms with E-state index < -0.39 is 18.1 Å². The number of nitrogens with one attached hydrogen (secondary N) is 1. The number of aromatic carboxylic acids is 1. The van der Waals surface area contributed by atoms with E-state index in [9.17, 15) is 23.1 Å². The van der Waals surface area contributed by atoms with Gasteiger partial charge in [-0.05, 0) is 12.1 Å². The highest BCUT2D eigenvalue weighted by Gasteiger charge is 2.38. The van der Waals surface area contributed by atoms with Gasteiger partial charge >= 0.3 is 18.1 Å². The first-order valence-electron chi connectivity index (χ1n) is 8.80. The molecule has 0 saturated carbocycles. The Morgan fingerprint density at radius 3 is 2.38 bits per heavy atom. The van der Waals surface area contributed by atoms with Crippen LogP contribution in [0.5, 0.6) is 5.75 Å². The highest BCUT2D eigenvalue weighted by Crippen LogP contribution is 2.28. The number of hydrogen-bond acceptors (Lipinski definition) is 6. The maximum absolute atomic E-state index is 11.3. The van der Waals surface area contributed by atoms with E-state index in [1.807, 2.05) is 30.3 Å². The van der Waals surface area contributed by atoms with Crippen LogP contribution in [0.15, 0.2) is 59.1 Å². The van der Waals surface area contributed by atoms with Gasteiger partial charge in [0.1, 0.15) is 5.75 Å². The van der Waals surface area contributed by atoms with Crippen molar-refractivity contribution >= 4 is 22.8 Å². The predicted octanol–water partition coefficient (Wildman–Crippen LogP) is 4.13. The van der Waals surface area contributed by atoms with E-state index in [1.165, 1.54) is 0 Å². The van der Waals surface area contributed by atoms with Gasteiger partial charge in [0.25, 0.3) is 0 Å². The molecule has 9 nitrogen and oxygen atoms in total. The fourth-order valence-corrected chi connectivity index (χ4v) is 2.57. The van der Waals surface area contributed by atoms with Crippen LogP contribution in [0.1, 0.15) is 16.4 Å². The van der Waals surface area contributed by atoms with Crippen LogP contribution < -0.4 is 4.74 Å². The summed E-state index contributed by atoms with van der Waals surface area (Å²) in [4.78, 5) is 24.4. The Morgan fingerprint density at radius 2 is 1.75 bits per heavy atom. The van der Waals surface area contributed by atoms with Crippen molar-refractivity contribution in [3.05, 3.63) is 66.3 Å². The van der Waals surface area contributed by atoms with Crippen LogP contribution in [0.3, 0.4) is 0 Å². The summed E-state index contributed by atoms with van der Waals surface area (Å²) in [5.74, 6) is -2.43. The lowest BCUT2D eigenvalue weighted by Crippen LogP contribution is -2.21. The number of ether oxygens (including phenoxy) is 1. The number of alkyl halides is 3. The van der Waals surface area contributed by atoms with Crippen molar-refractivity contribution in [2.75, 3.05) is 0 Å². The van der Waals surface area contributed by atoms with E-state index in [2.05, 4.69) is 15.2 Å². The molecular weight excluding hydrogens is 435 g/mol. The number of hydrogen-bond donors (Lipinski definition) is 3. The molecule has 4 aromatic rings. The molecule has 2 aromatic carbocycles. The zero-order valence-corrected chi connectivity index (χ0v) is 16.0. The molecule has 12 heteroatoms. The number of aromatic amines is 1. The molecule has 2 heterocycles. The molecule has 0 spiro atoms. The molecule has 0 aliphatic rings. The van der Waals surface area contributed by atoms with Crippen LogP contribution >= 0.6 is 0 Å². The van der Waals surface area contributed by atoms with Crippen LogP contribution in [0.4, 0.5) is 13.2 Å². The van der Waals surface area contributed by atoms with Gasteiger partial charge in [-0.1, -0.05) is 36.4 Å². The number of benzene rings is 2. The van der Waals surface area contributed by atoms with Crippen LogP contribution in [0.25, 0.3) is 22.2 Å². The van der Waals surface area contributed by atoms with Crippen LogP contribution in [-0.2, 0) is 11.4 Å². The Bertz CT molecular complexity index is 1230. The number of nitrogens with zero attached hydrogens (tertiary/aromatic N) is 2. The van der Waals surface area contributed by atoms with Crippen LogP contribution in [-0.4, -0.2) is 43.5 Å². The highest BCUT2D eigenvalue weighted by atomic mass is 19.4. The Morgan fingerprint density at radius 1 is 1.06 bits per heavy atom. The van der Waals surface area contributed by atoms with E-state index in [-0.39, 0.29) is 12.3 Å². The van der Waals surface area contributed by atoms with Crippen LogP contribution in [0, 0.1) is 0 Å². The van der Waals surface area contributed by atoms with Crippen molar-refractivity contribution in [3.8, 4) is 17.1 Å². The number of carboxylic acids is 2. The monoisotopic (exact) mass is 449 g/mol. The molecule has 0 fully saturated rings. The summed E-state index contributed by atoms with van der Waals surface area (Å²) in [6.07, 6.45) is -3.45. The minimum Gasteiger partial charge on any atom is -0.483 e. The quantitative estimate of drug-likeness (QED) is 0.413. The first-order valence-corrected chi connectivity index (χ1v) is 8.80. The van der Waals surface area contributed by atoms with Gasteiger partial charge in [-0.2, -0.15) is 18.3 Å². The zero-order chi connectivity index (χ0) is 23.3. The molecule has 0 amide bonds. The number of carboxylic acid groups (broad SMARTS) is 2. The average molecular weight is 449 g/mol. The number of carbonyl (C=O) groups is 2. The predicted molar refractivity (Wildman–Crippen MR) is 103 cm³/mol. The number of H-pyrrole nitrogens is 1. The first-order chi connectivity index (χ1) is 15.2. The van der Waals surface area contributed by atoms with Gasteiger partial charge in [0, 0.05) is 5.56 Å². The highest BCUT2D eigenvalue weighted by molar-refractivity contribution is 6.03. The van der Waals surface area contributed by atoms with E-state index in [0.717, 1.165) is 5.56 Å². The van der Waals surface area contributed by atoms with Crippen molar-refractivity contribution < 1.29 is 42.1 Å². The molecule has 0 atom stereocenters. The van der Waals surface area contributed by atoms with Crippen molar-refractivity contribution in [3.63, 3.8) is 0 Å². The second kappa shape index (κ2) is 9.20. The molecule has 0 aliphatic heterocycles. The van der Waals surface area contributed by atoms with Gasteiger partial charge in [-0.15, -0.1) is 0 Å². The SMILES string of the molecule is O=C(O)C(F)(F)F.O=C(O)c1n[nH]c2cccc(OCc3ncc(-c4ccccc4)o3)c12. The molecule has 2 aromatic heterocycles. The first kappa shape index (κ1) is 22.3. The smallest absolute Gasteiger partial charge is 0.483 e.